The maximum atomic E-state index is 11.7. The van der Waals surface area contributed by atoms with Gasteiger partial charge in [0.2, 0.25) is 20.1 Å². The minimum Gasteiger partial charge on any atom is -0.396 e. The zero-order chi connectivity index (χ0) is 21.8. The normalized spacial score (nSPS) is 11.4. The maximum absolute atomic E-state index is 11.7. The summed E-state index contributed by atoms with van der Waals surface area (Å²) in [7, 11) is -1.74. The molecule has 29 heavy (non-hydrogen) atoms. The van der Waals surface area contributed by atoms with E-state index in [9.17, 15) is 9.59 Å². The molecule has 172 valence electrons. The van der Waals surface area contributed by atoms with Crippen LogP contribution in [0.4, 0.5) is 0 Å². The number of unbranched alkanes of at least 4 members (excludes halogenated alkanes) is 4. The molecule has 0 aliphatic rings. The molecule has 0 radical (unpaired) electrons. The van der Waals surface area contributed by atoms with Crippen LogP contribution in [0.2, 0.25) is 19.1 Å². The first-order valence-electron chi connectivity index (χ1n) is 11.0. The lowest BCUT2D eigenvalue weighted by Crippen LogP contribution is -2.30. The number of amides is 2. The fourth-order valence-corrected chi connectivity index (χ4v) is 5.90. The third-order valence-electron chi connectivity index (χ3n) is 4.41. The van der Waals surface area contributed by atoms with Gasteiger partial charge in [-0.05, 0) is 69.7 Å². The molecular formula is C20H42N2O5SSi. The van der Waals surface area contributed by atoms with Crippen molar-refractivity contribution in [1.82, 2.24) is 10.6 Å². The highest BCUT2D eigenvalue weighted by Gasteiger charge is 2.22. The topological polar surface area (TPSA) is 108 Å². The van der Waals surface area contributed by atoms with Gasteiger partial charge < -0.3 is 24.7 Å². The van der Waals surface area contributed by atoms with Gasteiger partial charge in [0.15, 0.2) is 0 Å². The Hall–Kier alpha value is -0.613. The second-order valence-electron chi connectivity index (χ2n) is 7.89. The smallest absolute Gasteiger partial charge is 0.219 e. The van der Waals surface area contributed by atoms with Gasteiger partial charge in [-0.25, -0.2) is 0 Å². The van der Waals surface area contributed by atoms with Crippen molar-refractivity contribution in [3.8, 4) is 0 Å². The lowest BCUT2D eigenvalue weighted by Gasteiger charge is -2.21. The lowest BCUT2D eigenvalue weighted by atomic mass is 10.2. The molecule has 0 fully saturated rings. The van der Waals surface area contributed by atoms with Crippen LogP contribution in [0.15, 0.2) is 0 Å². The highest BCUT2D eigenvalue weighted by molar-refractivity contribution is 7.95. The molecule has 0 aliphatic carbocycles. The average Bonchev–Trinajstić information content (AvgIpc) is 2.68. The van der Waals surface area contributed by atoms with Gasteiger partial charge in [-0.3, -0.25) is 9.59 Å². The van der Waals surface area contributed by atoms with E-state index >= 15 is 0 Å². The summed E-state index contributed by atoms with van der Waals surface area (Å²) in [5.41, 5.74) is 0. The molecule has 0 aromatic rings. The zero-order valence-electron chi connectivity index (χ0n) is 18.3. The number of nitrogens with one attached hydrogen (secondary N) is 2. The second kappa shape index (κ2) is 19.4. The molecule has 4 N–H and O–H groups in total. The molecule has 2 amide bonds. The molecule has 7 nitrogen and oxygen atoms in total. The molecule has 0 spiro atoms. The van der Waals surface area contributed by atoms with Crippen molar-refractivity contribution in [2.75, 3.05) is 32.1 Å². The molecule has 0 heterocycles. The van der Waals surface area contributed by atoms with Crippen LogP contribution < -0.4 is 10.6 Å². The van der Waals surface area contributed by atoms with Gasteiger partial charge in [-0.2, -0.15) is 0 Å². The first-order valence-corrected chi connectivity index (χ1v) is 15.0. The molecule has 0 aromatic heterocycles. The number of carbonyl (C=O) groups excluding carboxylic acids is 2. The fraction of sp³-hybridized carbons (Fsp3) is 0.900. The Balaban J connectivity index is 3.56. The monoisotopic (exact) mass is 450 g/mol. The first kappa shape index (κ1) is 28.4. The Bertz CT molecular complexity index is 428. The predicted molar refractivity (Wildman–Crippen MR) is 122 cm³/mol. The highest BCUT2D eigenvalue weighted by atomic mass is 32.2. The van der Waals surface area contributed by atoms with Gasteiger partial charge in [-0.1, -0.05) is 12.8 Å². The van der Waals surface area contributed by atoms with Crippen LogP contribution in [-0.2, 0) is 13.5 Å². The van der Waals surface area contributed by atoms with E-state index in [0.29, 0.717) is 25.9 Å². The number of hydrogen-bond donors (Lipinski definition) is 4. The molecule has 0 aliphatic heterocycles. The van der Waals surface area contributed by atoms with Gasteiger partial charge in [0, 0.05) is 44.9 Å². The van der Waals surface area contributed by atoms with Crippen LogP contribution in [0.25, 0.3) is 0 Å². The number of rotatable bonds is 20. The van der Waals surface area contributed by atoms with E-state index in [4.69, 9.17) is 14.1 Å². The summed E-state index contributed by atoms with van der Waals surface area (Å²) in [6.45, 7) is 6.12. The lowest BCUT2D eigenvalue weighted by molar-refractivity contribution is -0.122. The van der Waals surface area contributed by atoms with Crippen LogP contribution in [0.5, 0.6) is 0 Å². The summed E-state index contributed by atoms with van der Waals surface area (Å²) >= 11 is 1.49. The van der Waals surface area contributed by atoms with E-state index in [2.05, 4.69) is 23.7 Å². The Morgan fingerprint density at radius 3 is 1.83 bits per heavy atom. The van der Waals surface area contributed by atoms with Gasteiger partial charge in [0.05, 0.1) is 0 Å². The standard InChI is InChI=1S/C20H42N2O5SSi/c1-29(2,18-10-14-22-20(26)12-6-4-8-16-24)27-28-17-9-13-21-19(25)11-5-3-7-15-23/h23-24H,3-18H2,1-2H3,(H,21,25)(H,22,26). The number of carbonyl (C=O) groups is 2. The molecule has 0 saturated carbocycles. The van der Waals surface area contributed by atoms with E-state index in [1.54, 1.807) is 0 Å². The third-order valence-corrected chi connectivity index (χ3v) is 8.70. The van der Waals surface area contributed by atoms with Gasteiger partial charge in [-0.15, -0.1) is 0 Å². The molecule has 9 heteroatoms. The van der Waals surface area contributed by atoms with Gasteiger partial charge in [0.25, 0.3) is 0 Å². The van der Waals surface area contributed by atoms with Gasteiger partial charge >= 0.3 is 0 Å². The number of hydrogen-bond acceptors (Lipinski definition) is 6. The summed E-state index contributed by atoms with van der Waals surface area (Å²) in [4.78, 5) is 23.3. The minimum atomic E-state index is -1.74. The maximum Gasteiger partial charge on any atom is 0.219 e. The summed E-state index contributed by atoms with van der Waals surface area (Å²) in [5, 5.41) is 23.3. The number of aliphatic hydroxyl groups excluding tert-OH is 2. The van der Waals surface area contributed by atoms with Crippen LogP contribution >= 0.6 is 12.0 Å². The molecule has 0 saturated heterocycles. The van der Waals surface area contributed by atoms with Crippen LogP contribution in [0, 0.1) is 0 Å². The average molecular weight is 451 g/mol. The molecule has 0 unspecified atom stereocenters. The Morgan fingerprint density at radius 2 is 1.31 bits per heavy atom. The van der Waals surface area contributed by atoms with Crippen molar-refractivity contribution < 1.29 is 23.7 Å². The third kappa shape index (κ3) is 20.4. The quantitative estimate of drug-likeness (QED) is 0.129. The molecule has 0 aromatic carbocycles. The Labute approximate surface area is 182 Å². The Morgan fingerprint density at radius 1 is 0.793 bits per heavy atom. The van der Waals surface area contributed by atoms with E-state index in [1.807, 2.05) is 0 Å². The summed E-state index contributed by atoms with van der Waals surface area (Å²) < 4.78 is 6.01. The summed E-state index contributed by atoms with van der Waals surface area (Å²) in [6.07, 6.45) is 7.84. The largest absolute Gasteiger partial charge is 0.396 e. The predicted octanol–water partition coefficient (Wildman–Crippen LogP) is 2.97. The van der Waals surface area contributed by atoms with Crippen LogP contribution in [0.1, 0.15) is 64.2 Å². The van der Waals surface area contributed by atoms with E-state index in [-0.39, 0.29) is 25.0 Å². The second-order valence-corrected chi connectivity index (χ2v) is 13.2. The van der Waals surface area contributed by atoms with Crippen molar-refractivity contribution in [2.45, 2.75) is 83.3 Å². The first-order chi connectivity index (χ1) is 13.9. The minimum absolute atomic E-state index is 0.0824. The molecule has 0 rings (SSSR count). The molecular weight excluding hydrogens is 408 g/mol. The van der Waals surface area contributed by atoms with E-state index in [0.717, 1.165) is 63.2 Å². The summed E-state index contributed by atoms with van der Waals surface area (Å²) in [5.74, 6) is 1.03. The Kier molecular flexibility index (Phi) is 18.9. The van der Waals surface area contributed by atoms with Crippen molar-refractivity contribution >= 4 is 32.2 Å². The van der Waals surface area contributed by atoms with Gasteiger partial charge in [0.1, 0.15) is 0 Å². The fourth-order valence-electron chi connectivity index (χ4n) is 2.67. The zero-order valence-corrected chi connectivity index (χ0v) is 20.2. The summed E-state index contributed by atoms with van der Waals surface area (Å²) in [6, 6.07) is 0.995. The van der Waals surface area contributed by atoms with Crippen molar-refractivity contribution in [3.63, 3.8) is 0 Å². The van der Waals surface area contributed by atoms with Crippen molar-refractivity contribution in [3.05, 3.63) is 0 Å². The number of aliphatic hydroxyl groups is 2. The van der Waals surface area contributed by atoms with E-state index < -0.39 is 8.32 Å². The van der Waals surface area contributed by atoms with E-state index in [1.165, 1.54) is 12.0 Å². The van der Waals surface area contributed by atoms with Crippen molar-refractivity contribution in [2.24, 2.45) is 0 Å². The van der Waals surface area contributed by atoms with Crippen LogP contribution in [0.3, 0.4) is 0 Å². The van der Waals surface area contributed by atoms with Crippen LogP contribution in [-0.4, -0.2) is 62.4 Å². The molecule has 0 bridgehead atoms. The highest BCUT2D eigenvalue weighted by Crippen LogP contribution is 2.20. The van der Waals surface area contributed by atoms with Crippen molar-refractivity contribution in [1.29, 1.82) is 0 Å². The molecule has 0 atom stereocenters. The SMILES string of the molecule is C[Si](C)(CCCNC(=O)CCCCCO)OSCCCNC(=O)CCCCCO.